The van der Waals surface area contributed by atoms with Crippen LogP contribution in [0.4, 0.5) is 0 Å². The van der Waals surface area contributed by atoms with Gasteiger partial charge in [-0.2, -0.15) is 11.8 Å². The molecule has 3 rings (SSSR count). The van der Waals surface area contributed by atoms with Crippen LogP contribution in [0.25, 0.3) is 0 Å². The van der Waals surface area contributed by atoms with Crippen LogP contribution in [0.2, 0.25) is 0 Å². The molecule has 0 aromatic heterocycles. The highest BCUT2D eigenvalue weighted by atomic mass is 32.2. The van der Waals surface area contributed by atoms with Gasteiger partial charge in [0, 0.05) is 30.5 Å². The Morgan fingerprint density at radius 1 is 1.05 bits per heavy atom. The Morgan fingerprint density at radius 3 is 2.42 bits per heavy atom. The van der Waals surface area contributed by atoms with Gasteiger partial charge in [-0.3, -0.25) is 9.59 Å². The zero-order valence-electron chi connectivity index (χ0n) is 23.6. The van der Waals surface area contributed by atoms with Gasteiger partial charge in [-0.15, -0.1) is 0 Å². The number of carbonyl (C=O) groups excluding carboxylic acids is 3. The molecule has 0 spiro atoms. The molecule has 212 valence electrons. The van der Waals surface area contributed by atoms with Crippen molar-refractivity contribution in [2.75, 3.05) is 25.2 Å². The minimum atomic E-state index is -0.782. The summed E-state index contributed by atoms with van der Waals surface area (Å²) in [5.74, 6) is 1.14. The van der Waals surface area contributed by atoms with Crippen molar-refractivity contribution in [1.29, 1.82) is 0 Å². The third-order valence-electron chi connectivity index (χ3n) is 7.57. The van der Waals surface area contributed by atoms with E-state index in [1.54, 1.807) is 11.8 Å². The van der Waals surface area contributed by atoms with Crippen molar-refractivity contribution in [2.24, 2.45) is 11.3 Å². The lowest BCUT2D eigenvalue weighted by Gasteiger charge is -2.31. The number of nitrogens with one attached hydrogen (secondary N) is 1. The largest absolute Gasteiger partial charge is 0.467 e. The Kier molecular flexibility index (Phi) is 12.0. The lowest BCUT2D eigenvalue weighted by atomic mass is 9.86. The topological polar surface area (TPSA) is 84.9 Å². The average molecular weight is 547 g/mol. The lowest BCUT2D eigenvalue weighted by molar-refractivity contribution is -0.149. The fourth-order valence-corrected chi connectivity index (χ4v) is 6.66. The van der Waals surface area contributed by atoms with Gasteiger partial charge >= 0.3 is 5.97 Å². The van der Waals surface area contributed by atoms with Gasteiger partial charge in [0.25, 0.3) is 0 Å². The number of rotatable bonds is 12. The van der Waals surface area contributed by atoms with Gasteiger partial charge in [0.15, 0.2) is 0 Å². The maximum absolute atomic E-state index is 13.3. The van der Waals surface area contributed by atoms with Crippen LogP contribution >= 0.6 is 11.8 Å². The number of nitrogens with zero attached hydrogens (tertiary/aromatic N) is 1. The van der Waals surface area contributed by atoms with Crippen LogP contribution in [0.15, 0.2) is 30.3 Å². The highest BCUT2D eigenvalue weighted by Crippen LogP contribution is 2.29. The van der Waals surface area contributed by atoms with Crippen molar-refractivity contribution in [3.63, 3.8) is 0 Å². The van der Waals surface area contributed by atoms with E-state index < -0.39 is 23.5 Å². The summed E-state index contributed by atoms with van der Waals surface area (Å²) in [6.45, 7) is 6.97. The SMILES string of the molecule is COC(=O)[C@H](CSC[C@@H]1CCCN1C(=O)CC1CCCCC1)NC(=O)[C@@H](OCc1ccccc1)C(C)(C)C. The van der Waals surface area contributed by atoms with Crippen molar-refractivity contribution in [3.05, 3.63) is 35.9 Å². The molecule has 2 aliphatic rings. The first-order chi connectivity index (χ1) is 18.2. The van der Waals surface area contributed by atoms with Crippen molar-refractivity contribution in [1.82, 2.24) is 10.2 Å². The number of benzene rings is 1. The van der Waals surface area contributed by atoms with Gasteiger partial charge in [-0.05, 0) is 42.6 Å². The fourth-order valence-electron chi connectivity index (χ4n) is 5.45. The van der Waals surface area contributed by atoms with Crippen molar-refractivity contribution in [3.8, 4) is 0 Å². The summed E-state index contributed by atoms with van der Waals surface area (Å²) in [5.41, 5.74) is 0.518. The van der Waals surface area contributed by atoms with E-state index in [1.165, 1.54) is 39.2 Å². The van der Waals surface area contributed by atoms with Crippen LogP contribution < -0.4 is 5.32 Å². The molecule has 1 heterocycles. The Morgan fingerprint density at radius 2 is 1.76 bits per heavy atom. The molecule has 1 aromatic carbocycles. The number of hydrogen-bond acceptors (Lipinski definition) is 6. The number of ether oxygens (including phenoxy) is 2. The van der Waals surface area contributed by atoms with Crippen LogP contribution in [-0.4, -0.2) is 66.0 Å². The molecular weight excluding hydrogens is 500 g/mol. The van der Waals surface area contributed by atoms with E-state index in [0.717, 1.165) is 30.7 Å². The van der Waals surface area contributed by atoms with Gasteiger partial charge in [0.2, 0.25) is 11.8 Å². The molecule has 1 aromatic rings. The standard InChI is InChI=1S/C30H46N2O5S/c1-30(2,3)27(37-19-23-14-9-6-10-15-23)28(34)31-25(29(35)36-4)21-38-20-24-16-11-17-32(24)26(33)18-22-12-7-5-8-13-22/h6,9-10,14-15,22,24-25,27H,5,7-8,11-13,16-21H2,1-4H3,(H,31,34)/t24-,25-,27+/m0/s1. The third kappa shape index (κ3) is 9.30. The fraction of sp³-hybridized carbons (Fsp3) is 0.700. The van der Waals surface area contributed by atoms with E-state index in [9.17, 15) is 14.4 Å². The maximum atomic E-state index is 13.3. The van der Waals surface area contributed by atoms with Gasteiger partial charge in [-0.1, -0.05) is 70.4 Å². The summed E-state index contributed by atoms with van der Waals surface area (Å²) in [5, 5.41) is 2.88. The molecule has 1 N–H and O–H groups in total. The van der Waals surface area contributed by atoms with Gasteiger partial charge in [-0.25, -0.2) is 4.79 Å². The maximum Gasteiger partial charge on any atom is 0.329 e. The summed E-state index contributed by atoms with van der Waals surface area (Å²) >= 11 is 1.59. The van der Waals surface area contributed by atoms with Gasteiger partial charge in [0.05, 0.1) is 13.7 Å². The Balaban J connectivity index is 1.53. The summed E-state index contributed by atoms with van der Waals surface area (Å²) in [4.78, 5) is 40.9. The van der Waals surface area contributed by atoms with E-state index in [1.807, 2.05) is 51.1 Å². The number of carbonyl (C=O) groups is 3. The Bertz CT molecular complexity index is 898. The Labute approximate surface area is 232 Å². The molecule has 7 nitrogen and oxygen atoms in total. The van der Waals surface area contributed by atoms with E-state index in [-0.39, 0.29) is 17.9 Å². The molecule has 1 saturated heterocycles. The first-order valence-electron chi connectivity index (χ1n) is 14.1. The van der Waals surface area contributed by atoms with E-state index >= 15 is 0 Å². The van der Waals surface area contributed by atoms with E-state index in [0.29, 0.717) is 24.7 Å². The van der Waals surface area contributed by atoms with E-state index in [2.05, 4.69) is 10.2 Å². The molecule has 3 atom stereocenters. The van der Waals surface area contributed by atoms with Crippen LogP contribution in [0.1, 0.15) is 77.7 Å². The average Bonchev–Trinajstić information content (AvgIpc) is 3.37. The highest BCUT2D eigenvalue weighted by Gasteiger charge is 2.36. The zero-order chi connectivity index (χ0) is 27.5. The molecule has 0 bridgehead atoms. The number of likely N-dealkylation sites (tertiary alicyclic amines) is 1. The van der Waals surface area contributed by atoms with Crippen LogP contribution in [-0.2, 0) is 30.5 Å². The molecule has 2 amide bonds. The van der Waals surface area contributed by atoms with Crippen LogP contribution in [0.3, 0.4) is 0 Å². The number of amides is 2. The number of hydrogen-bond donors (Lipinski definition) is 1. The second kappa shape index (κ2) is 14.9. The van der Waals surface area contributed by atoms with Crippen molar-refractivity contribution in [2.45, 2.75) is 96.9 Å². The predicted molar refractivity (Wildman–Crippen MR) is 152 cm³/mol. The molecule has 1 aliphatic carbocycles. The molecule has 2 fully saturated rings. The minimum absolute atomic E-state index is 0.182. The third-order valence-corrected chi connectivity index (χ3v) is 8.76. The normalized spacial score (nSPS) is 20.1. The first-order valence-corrected chi connectivity index (χ1v) is 15.3. The van der Waals surface area contributed by atoms with Gasteiger partial charge < -0.3 is 19.7 Å². The summed E-state index contributed by atoms with van der Waals surface area (Å²) in [7, 11) is 1.34. The lowest BCUT2D eigenvalue weighted by Crippen LogP contribution is -2.51. The quantitative estimate of drug-likeness (QED) is 0.373. The molecular formula is C30H46N2O5S. The number of thioether (sulfide) groups is 1. The zero-order valence-corrected chi connectivity index (χ0v) is 24.4. The van der Waals surface area contributed by atoms with Crippen LogP contribution in [0, 0.1) is 11.3 Å². The Hall–Kier alpha value is -2.06. The molecule has 1 aliphatic heterocycles. The second-order valence-corrected chi connectivity index (χ2v) is 12.8. The second-order valence-electron chi connectivity index (χ2n) is 11.8. The van der Waals surface area contributed by atoms with E-state index in [4.69, 9.17) is 9.47 Å². The monoisotopic (exact) mass is 546 g/mol. The molecule has 0 radical (unpaired) electrons. The molecule has 38 heavy (non-hydrogen) atoms. The van der Waals surface area contributed by atoms with Crippen LogP contribution in [0.5, 0.6) is 0 Å². The van der Waals surface area contributed by atoms with Gasteiger partial charge in [0.1, 0.15) is 12.1 Å². The van der Waals surface area contributed by atoms with Crippen molar-refractivity contribution >= 4 is 29.5 Å². The predicted octanol–water partition coefficient (Wildman–Crippen LogP) is 4.97. The highest BCUT2D eigenvalue weighted by molar-refractivity contribution is 7.99. The first kappa shape index (κ1) is 30.5. The molecule has 0 unspecified atom stereocenters. The number of methoxy groups -OCH3 is 1. The number of esters is 1. The summed E-state index contributed by atoms with van der Waals surface area (Å²) < 4.78 is 11.0. The van der Waals surface area contributed by atoms with Crippen molar-refractivity contribution < 1.29 is 23.9 Å². The molecule has 1 saturated carbocycles. The minimum Gasteiger partial charge on any atom is -0.467 e. The summed E-state index contributed by atoms with van der Waals surface area (Å²) in [6, 6.07) is 9.12. The smallest absolute Gasteiger partial charge is 0.329 e. The molecule has 8 heteroatoms. The summed E-state index contributed by atoms with van der Waals surface area (Å²) in [6.07, 6.45) is 8.05.